The summed E-state index contributed by atoms with van der Waals surface area (Å²) in [6.45, 7) is 7.04. The smallest absolute Gasteiger partial charge is 0.0616 e. The molecule has 2 rings (SSSR count). The van der Waals surface area contributed by atoms with Gasteiger partial charge in [0.1, 0.15) is 0 Å². The number of rotatable bonds is 3. The van der Waals surface area contributed by atoms with E-state index in [2.05, 4.69) is 38.3 Å². The summed E-state index contributed by atoms with van der Waals surface area (Å²) in [4.78, 5) is 1.32. The molecule has 1 unspecified atom stereocenters. The van der Waals surface area contributed by atoms with Crippen molar-refractivity contribution < 1.29 is 5.11 Å². The predicted molar refractivity (Wildman–Crippen MR) is 78.9 cm³/mol. The topological polar surface area (TPSA) is 20.2 Å². The average molecular weight is 266 g/mol. The van der Waals surface area contributed by atoms with Gasteiger partial charge in [-0.05, 0) is 54.4 Å². The number of thiophene rings is 1. The molecule has 1 aromatic rings. The summed E-state index contributed by atoms with van der Waals surface area (Å²) in [5, 5.41) is 12.4. The molecule has 18 heavy (non-hydrogen) atoms. The summed E-state index contributed by atoms with van der Waals surface area (Å²) < 4.78 is 0. The number of hydrogen-bond acceptors (Lipinski definition) is 2. The molecule has 2 heteroatoms. The van der Waals surface area contributed by atoms with Gasteiger partial charge in [0, 0.05) is 11.3 Å². The molecule has 1 N–H and O–H groups in total. The summed E-state index contributed by atoms with van der Waals surface area (Å²) in [5.74, 6) is 1.35. The first kappa shape index (κ1) is 14.1. The minimum absolute atomic E-state index is 0.135. The van der Waals surface area contributed by atoms with Crippen LogP contribution in [0.3, 0.4) is 0 Å². The van der Waals surface area contributed by atoms with Crippen molar-refractivity contribution in [1.29, 1.82) is 0 Å². The Morgan fingerprint density at radius 3 is 2.44 bits per heavy atom. The Labute approximate surface area is 115 Å². The van der Waals surface area contributed by atoms with Crippen LogP contribution >= 0.6 is 11.3 Å². The van der Waals surface area contributed by atoms with Crippen LogP contribution in [0.5, 0.6) is 0 Å². The van der Waals surface area contributed by atoms with Gasteiger partial charge in [-0.15, -0.1) is 11.3 Å². The van der Waals surface area contributed by atoms with Crippen LogP contribution in [0.15, 0.2) is 17.5 Å². The summed E-state index contributed by atoms with van der Waals surface area (Å²) >= 11 is 1.76. The van der Waals surface area contributed by atoms with Crippen molar-refractivity contribution in [3.05, 3.63) is 22.4 Å². The molecule has 1 atom stereocenters. The number of hydrogen-bond donors (Lipinski definition) is 1. The first-order valence-corrected chi connectivity index (χ1v) is 8.05. The van der Waals surface area contributed by atoms with Crippen molar-refractivity contribution in [1.82, 2.24) is 0 Å². The van der Waals surface area contributed by atoms with Crippen LogP contribution < -0.4 is 0 Å². The Bertz CT molecular complexity index is 342. The third-order valence-electron chi connectivity index (χ3n) is 4.53. The normalized spacial score (nSPS) is 27.1. The lowest BCUT2D eigenvalue weighted by molar-refractivity contribution is 0.0542. The van der Waals surface area contributed by atoms with Crippen LogP contribution in [0.1, 0.15) is 51.3 Å². The van der Waals surface area contributed by atoms with Gasteiger partial charge in [0.05, 0.1) is 6.10 Å². The molecule has 1 aliphatic rings. The van der Waals surface area contributed by atoms with E-state index in [-0.39, 0.29) is 6.10 Å². The monoisotopic (exact) mass is 266 g/mol. The van der Waals surface area contributed by atoms with E-state index in [4.69, 9.17) is 0 Å². The molecule has 0 radical (unpaired) electrons. The van der Waals surface area contributed by atoms with E-state index in [0.29, 0.717) is 11.3 Å². The Hall–Kier alpha value is -0.340. The zero-order valence-corrected chi connectivity index (χ0v) is 12.7. The lowest BCUT2D eigenvalue weighted by atomic mass is 9.68. The Morgan fingerprint density at radius 1 is 1.28 bits per heavy atom. The fourth-order valence-corrected chi connectivity index (χ4v) is 3.93. The van der Waals surface area contributed by atoms with Gasteiger partial charge in [-0.2, -0.15) is 0 Å². The SMILES string of the molecule is CC(C)(C)C1CCC(C(O)Cc2cccs2)CC1. The molecule has 0 aliphatic heterocycles. The Kier molecular flexibility index (Phi) is 4.50. The van der Waals surface area contributed by atoms with E-state index in [1.54, 1.807) is 11.3 Å². The van der Waals surface area contributed by atoms with E-state index in [1.165, 1.54) is 30.6 Å². The van der Waals surface area contributed by atoms with E-state index >= 15 is 0 Å². The van der Waals surface area contributed by atoms with Crippen LogP contribution in [-0.4, -0.2) is 11.2 Å². The van der Waals surface area contributed by atoms with Crippen molar-refractivity contribution in [2.45, 2.75) is 59.0 Å². The molecule has 0 aromatic carbocycles. The van der Waals surface area contributed by atoms with Crippen LogP contribution in [0, 0.1) is 17.3 Å². The molecule has 1 nitrogen and oxygen atoms in total. The van der Waals surface area contributed by atoms with Crippen molar-refractivity contribution in [2.75, 3.05) is 0 Å². The molecule has 1 saturated carbocycles. The van der Waals surface area contributed by atoms with Crippen LogP contribution in [0.2, 0.25) is 0 Å². The highest BCUT2D eigenvalue weighted by molar-refractivity contribution is 7.09. The van der Waals surface area contributed by atoms with Crippen LogP contribution in [0.25, 0.3) is 0 Å². The second-order valence-corrected chi connectivity index (χ2v) is 7.86. The fourth-order valence-electron chi connectivity index (χ4n) is 3.17. The van der Waals surface area contributed by atoms with Crippen molar-refractivity contribution >= 4 is 11.3 Å². The van der Waals surface area contributed by atoms with E-state index in [1.807, 2.05) is 0 Å². The fraction of sp³-hybridized carbons (Fsp3) is 0.750. The summed E-state index contributed by atoms with van der Waals surface area (Å²) in [7, 11) is 0. The minimum atomic E-state index is -0.135. The first-order valence-electron chi connectivity index (χ1n) is 7.17. The molecule has 0 spiro atoms. The van der Waals surface area contributed by atoms with E-state index < -0.39 is 0 Å². The zero-order chi connectivity index (χ0) is 13.2. The first-order chi connectivity index (χ1) is 8.47. The van der Waals surface area contributed by atoms with Gasteiger partial charge in [0.15, 0.2) is 0 Å². The summed E-state index contributed by atoms with van der Waals surface area (Å²) in [6.07, 6.45) is 5.70. The molecule has 0 amide bonds. The van der Waals surface area contributed by atoms with E-state index in [9.17, 15) is 5.11 Å². The van der Waals surface area contributed by atoms with Gasteiger partial charge >= 0.3 is 0 Å². The zero-order valence-electron chi connectivity index (χ0n) is 11.9. The average Bonchev–Trinajstić information content (AvgIpc) is 2.81. The molecular weight excluding hydrogens is 240 g/mol. The highest BCUT2D eigenvalue weighted by Gasteiger charge is 2.32. The largest absolute Gasteiger partial charge is 0.392 e. The highest BCUT2D eigenvalue weighted by Crippen LogP contribution is 2.41. The molecule has 0 bridgehead atoms. The Morgan fingerprint density at radius 2 is 1.94 bits per heavy atom. The second-order valence-electron chi connectivity index (χ2n) is 6.83. The van der Waals surface area contributed by atoms with Gasteiger partial charge in [-0.3, -0.25) is 0 Å². The van der Waals surface area contributed by atoms with Gasteiger partial charge in [0.25, 0.3) is 0 Å². The maximum Gasteiger partial charge on any atom is 0.0616 e. The molecule has 1 aromatic heterocycles. The molecule has 1 fully saturated rings. The second kappa shape index (κ2) is 5.75. The lowest BCUT2D eigenvalue weighted by Gasteiger charge is -2.38. The lowest BCUT2D eigenvalue weighted by Crippen LogP contribution is -2.31. The summed E-state index contributed by atoms with van der Waals surface area (Å²) in [6, 6.07) is 4.21. The Balaban J connectivity index is 1.82. The van der Waals surface area contributed by atoms with Gasteiger partial charge < -0.3 is 5.11 Å². The molecular formula is C16H26OS. The van der Waals surface area contributed by atoms with Crippen molar-refractivity contribution in [2.24, 2.45) is 17.3 Å². The molecule has 1 aliphatic carbocycles. The van der Waals surface area contributed by atoms with Crippen molar-refractivity contribution in [3.8, 4) is 0 Å². The quantitative estimate of drug-likeness (QED) is 0.854. The van der Waals surface area contributed by atoms with Gasteiger partial charge in [-0.1, -0.05) is 26.8 Å². The third-order valence-corrected chi connectivity index (χ3v) is 5.43. The number of aliphatic hydroxyl groups is 1. The maximum absolute atomic E-state index is 10.3. The maximum atomic E-state index is 10.3. The predicted octanol–water partition coefficient (Wildman–Crippen LogP) is 4.50. The van der Waals surface area contributed by atoms with E-state index in [0.717, 1.165) is 12.3 Å². The summed E-state index contributed by atoms with van der Waals surface area (Å²) in [5.41, 5.74) is 0.434. The van der Waals surface area contributed by atoms with Crippen LogP contribution in [0.4, 0.5) is 0 Å². The molecule has 1 heterocycles. The number of aliphatic hydroxyl groups excluding tert-OH is 1. The third kappa shape index (κ3) is 3.58. The van der Waals surface area contributed by atoms with Gasteiger partial charge in [0.2, 0.25) is 0 Å². The molecule has 0 saturated heterocycles. The molecule has 102 valence electrons. The minimum Gasteiger partial charge on any atom is -0.392 e. The standard InChI is InChI=1S/C16H26OS/c1-16(2,3)13-8-6-12(7-9-13)15(17)11-14-5-4-10-18-14/h4-5,10,12-13,15,17H,6-9,11H2,1-3H3. The van der Waals surface area contributed by atoms with Gasteiger partial charge in [-0.25, -0.2) is 0 Å². The highest BCUT2D eigenvalue weighted by atomic mass is 32.1. The van der Waals surface area contributed by atoms with Crippen LogP contribution in [-0.2, 0) is 6.42 Å². The van der Waals surface area contributed by atoms with Crippen molar-refractivity contribution in [3.63, 3.8) is 0 Å².